The zero-order chi connectivity index (χ0) is 10.8. The minimum absolute atomic E-state index is 0.242. The van der Waals surface area contributed by atoms with Crippen LogP contribution >= 0.6 is 0 Å². The molecule has 2 unspecified atom stereocenters. The van der Waals surface area contributed by atoms with Gasteiger partial charge in [0.05, 0.1) is 13.2 Å². The van der Waals surface area contributed by atoms with E-state index in [1.165, 1.54) is 6.92 Å². The maximum atomic E-state index is 10.8. The molecule has 0 aliphatic carbocycles. The first-order valence-corrected chi connectivity index (χ1v) is 4.77. The SMILES string of the molecule is CC1COCCN1CC(C)(N)C(=O)O. The highest BCUT2D eigenvalue weighted by Crippen LogP contribution is 2.10. The molecule has 0 saturated carbocycles. The molecule has 5 nitrogen and oxygen atoms in total. The summed E-state index contributed by atoms with van der Waals surface area (Å²) in [5, 5.41) is 8.88. The average molecular weight is 202 g/mol. The van der Waals surface area contributed by atoms with Crippen LogP contribution in [-0.4, -0.2) is 53.9 Å². The van der Waals surface area contributed by atoms with Gasteiger partial charge in [0.15, 0.2) is 0 Å². The van der Waals surface area contributed by atoms with Crippen molar-refractivity contribution >= 4 is 5.97 Å². The molecule has 1 rings (SSSR count). The van der Waals surface area contributed by atoms with Gasteiger partial charge in [0.2, 0.25) is 0 Å². The van der Waals surface area contributed by atoms with Crippen molar-refractivity contribution < 1.29 is 14.6 Å². The van der Waals surface area contributed by atoms with Gasteiger partial charge in [-0.2, -0.15) is 0 Å². The Morgan fingerprint density at radius 3 is 2.93 bits per heavy atom. The Morgan fingerprint density at radius 1 is 1.79 bits per heavy atom. The minimum Gasteiger partial charge on any atom is -0.480 e. The Bertz CT molecular complexity index is 218. The molecule has 1 fully saturated rings. The molecule has 1 aliphatic heterocycles. The molecule has 0 radical (unpaired) electrons. The Kier molecular flexibility index (Phi) is 3.47. The molecule has 3 N–H and O–H groups in total. The molecule has 1 heterocycles. The molecular formula is C9H18N2O3. The fraction of sp³-hybridized carbons (Fsp3) is 0.889. The smallest absolute Gasteiger partial charge is 0.324 e. The van der Waals surface area contributed by atoms with Crippen molar-refractivity contribution in [3.05, 3.63) is 0 Å². The van der Waals surface area contributed by atoms with E-state index < -0.39 is 11.5 Å². The number of nitrogens with zero attached hydrogens (tertiary/aromatic N) is 1. The highest BCUT2D eigenvalue weighted by molar-refractivity contribution is 5.78. The van der Waals surface area contributed by atoms with Crippen LogP contribution in [-0.2, 0) is 9.53 Å². The Balaban J connectivity index is 2.53. The number of hydrogen-bond acceptors (Lipinski definition) is 4. The molecule has 82 valence electrons. The quantitative estimate of drug-likeness (QED) is 0.646. The molecular weight excluding hydrogens is 184 g/mol. The molecule has 2 atom stereocenters. The van der Waals surface area contributed by atoms with Gasteiger partial charge in [0, 0.05) is 19.1 Å². The summed E-state index contributed by atoms with van der Waals surface area (Å²) in [5.74, 6) is -0.962. The van der Waals surface area contributed by atoms with Crippen molar-refractivity contribution in [2.75, 3.05) is 26.3 Å². The standard InChI is InChI=1S/C9H18N2O3/c1-7-5-14-4-3-11(7)6-9(2,10)8(12)13/h7H,3-6,10H2,1-2H3,(H,12,13). The van der Waals surface area contributed by atoms with Gasteiger partial charge < -0.3 is 15.6 Å². The van der Waals surface area contributed by atoms with Gasteiger partial charge in [0.1, 0.15) is 5.54 Å². The van der Waals surface area contributed by atoms with Crippen molar-refractivity contribution in [2.45, 2.75) is 25.4 Å². The molecule has 0 amide bonds. The number of carboxylic acid groups (broad SMARTS) is 1. The first kappa shape index (κ1) is 11.4. The first-order chi connectivity index (χ1) is 6.43. The van der Waals surface area contributed by atoms with E-state index in [0.29, 0.717) is 19.8 Å². The van der Waals surface area contributed by atoms with E-state index in [2.05, 4.69) is 4.90 Å². The number of ether oxygens (including phenoxy) is 1. The lowest BCUT2D eigenvalue weighted by atomic mass is 10.0. The van der Waals surface area contributed by atoms with E-state index in [1.54, 1.807) is 0 Å². The van der Waals surface area contributed by atoms with Crippen LogP contribution in [0.4, 0.5) is 0 Å². The van der Waals surface area contributed by atoms with Crippen LogP contribution in [0.5, 0.6) is 0 Å². The normalized spacial score (nSPS) is 28.4. The number of carbonyl (C=O) groups is 1. The van der Waals surface area contributed by atoms with Crippen molar-refractivity contribution in [2.24, 2.45) is 5.73 Å². The fourth-order valence-electron chi connectivity index (χ4n) is 1.49. The minimum atomic E-state index is -1.17. The number of carboxylic acids is 1. The lowest BCUT2D eigenvalue weighted by molar-refractivity contribution is -0.144. The summed E-state index contributed by atoms with van der Waals surface area (Å²) in [7, 11) is 0. The van der Waals surface area contributed by atoms with E-state index in [1.807, 2.05) is 6.92 Å². The summed E-state index contributed by atoms with van der Waals surface area (Å²) in [6, 6.07) is 0.242. The molecule has 0 bridgehead atoms. The fourth-order valence-corrected chi connectivity index (χ4v) is 1.49. The number of rotatable bonds is 3. The van der Waals surface area contributed by atoms with Crippen LogP contribution in [0.2, 0.25) is 0 Å². The molecule has 1 saturated heterocycles. The highest BCUT2D eigenvalue weighted by atomic mass is 16.5. The van der Waals surface area contributed by atoms with Crippen LogP contribution in [0, 0.1) is 0 Å². The topological polar surface area (TPSA) is 75.8 Å². The first-order valence-electron chi connectivity index (χ1n) is 4.77. The molecule has 5 heteroatoms. The summed E-state index contributed by atoms with van der Waals surface area (Å²) >= 11 is 0. The number of hydrogen-bond donors (Lipinski definition) is 2. The van der Waals surface area contributed by atoms with Gasteiger partial charge in [-0.15, -0.1) is 0 Å². The third-order valence-corrected chi connectivity index (χ3v) is 2.53. The number of morpholine rings is 1. The molecule has 1 aliphatic rings. The van der Waals surface area contributed by atoms with E-state index >= 15 is 0 Å². The van der Waals surface area contributed by atoms with Crippen LogP contribution < -0.4 is 5.73 Å². The monoisotopic (exact) mass is 202 g/mol. The summed E-state index contributed by atoms with van der Waals surface area (Å²) in [6.07, 6.45) is 0. The molecule has 0 spiro atoms. The Labute approximate surface area is 83.8 Å². The van der Waals surface area contributed by atoms with Gasteiger partial charge in [-0.05, 0) is 13.8 Å². The molecule has 0 aromatic heterocycles. The lowest BCUT2D eigenvalue weighted by Crippen LogP contribution is -2.57. The van der Waals surface area contributed by atoms with Crippen LogP contribution in [0.1, 0.15) is 13.8 Å². The lowest BCUT2D eigenvalue weighted by Gasteiger charge is -2.37. The van der Waals surface area contributed by atoms with Crippen LogP contribution in [0.25, 0.3) is 0 Å². The zero-order valence-electron chi connectivity index (χ0n) is 8.69. The van der Waals surface area contributed by atoms with Crippen molar-refractivity contribution in [3.63, 3.8) is 0 Å². The van der Waals surface area contributed by atoms with Gasteiger partial charge in [0.25, 0.3) is 0 Å². The molecule has 0 aromatic rings. The van der Waals surface area contributed by atoms with Gasteiger partial charge >= 0.3 is 5.97 Å². The van der Waals surface area contributed by atoms with Gasteiger partial charge in [-0.25, -0.2) is 0 Å². The highest BCUT2D eigenvalue weighted by Gasteiger charge is 2.33. The van der Waals surface area contributed by atoms with Crippen LogP contribution in [0.15, 0.2) is 0 Å². The van der Waals surface area contributed by atoms with E-state index in [4.69, 9.17) is 15.6 Å². The second-order valence-corrected chi connectivity index (χ2v) is 4.12. The third-order valence-electron chi connectivity index (χ3n) is 2.53. The zero-order valence-corrected chi connectivity index (χ0v) is 8.69. The second-order valence-electron chi connectivity index (χ2n) is 4.12. The number of aliphatic carboxylic acids is 1. The van der Waals surface area contributed by atoms with Gasteiger partial charge in [-0.1, -0.05) is 0 Å². The summed E-state index contributed by atoms with van der Waals surface area (Å²) in [4.78, 5) is 12.9. The number of nitrogens with two attached hydrogens (primary N) is 1. The van der Waals surface area contributed by atoms with Crippen molar-refractivity contribution in [3.8, 4) is 0 Å². The summed E-state index contributed by atoms with van der Waals surface area (Å²) < 4.78 is 5.26. The third kappa shape index (κ3) is 2.67. The van der Waals surface area contributed by atoms with E-state index in [9.17, 15) is 4.79 Å². The van der Waals surface area contributed by atoms with E-state index in [0.717, 1.165) is 6.54 Å². The average Bonchev–Trinajstić information content (AvgIpc) is 2.08. The largest absolute Gasteiger partial charge is 0.480 e. The maximum absolute atomic E-state index is 10.8. The summed E-state index contributed by atoms with van der Waals surface area (Å²) in [6.45, 7) is 5.97. The second kappa shape index (κ2) is 4.25. The predicted octanol–water partition coefficient (Wildman–Crippen LogP) is -0.491. The maximum Gasteiger partial charge on any atom is 0.324 e. The Hall–Kier alpha value is -0.650. The van der Waals surface area contributed by atoms with E-state index in [-0.39, 0.29) is 6.04 Å². The molecule has 14 heavy (non-hydrogen) atoms. The summed E-state index contributed by atoms with van der Waals surface area (Å²) in [5.41, 5.74) is 4.50. The van der Waals surface area contributed by atoms with Crippen molar-refractivity contribution in [1.29, 1.82) is 0 Å². The molecule has 0 aromatic carbocycles. The Morgan fingerprint density at radius 2 is 2.43 bits per heavy atom. The van der Waals surface area contributed by atoms with Crippen molar-refractivity contribution in [1.82, 2.24) is 4.90 Å². The van der Waals surface area contributed by atoms with Crippen LogP contribution in [0.3, 0.4) is 0 Å². The predicted molar refractivity (Wildman–Crippen MR) is 52.1 cm³/mol. The van der Waals surface area contributed by atoms with Gasteiger partial charge in [-0.3, -0.25) is 9.69 Å².